The molecule has 1 saturated heterocycles. The molecular weight excluding hydrogens is 346 g/mol. The van der Waals surface area contributed by atoms with E-state index < -0.39 is 0 Å². The fourth-order valence-corrected chi connectivity index (χ4v) is 3.41. The Bertz CT molecular complexity index is 969. The van der Waals surface area contributed by atoms with E-state index in [0.717, 1.165) is 30.4 Å². The third kappa shape index (κ3) is 3.28. The molecular formula is C19H23N5O3. The zero-order chi connectivity index (χ0) is 19.0. The van der Waals surface area contributed by atoms with E-state index in [1.807, 2.05) is 24.4 Å². The van der Waals surface area contributed by atoms with Crippen LogP contribution in [0.2, 0.25) is 0 Å². The van der Waals surface area contributed by atoms with Crippen LogP contribution in [0.15, 0.2) is 24.4 Å². The molecule has 0 radical (unpaired) electrons. The first-order valence-corrected chi connectivity index (χ1v) is 9.10. The number of fused-ring (bicyclic) bond motifs is 1. The molecule has 1 fully saturated rings. The first-order chi connectivity index (χ1) is 13.1. The van der Waals surface area contributed by atoms with Crippen LogP contribution in [0.25, 0.3) is 10.9 Å². The van der Waals surface area contributed by atoms with Gasteiger partial charge < -0.3 is 14.0 Å². The first kappa shape index (κ1) is 17.5. The lowest BCUT2D eigenvalue weighted by Crippen LogP contribution is -2.13. The number of hydrogen-bond acceptors (Lipinski definition) is 5. The van der Waals surface area contributed by atoms with Gasteiger partial charge in [-0.05, 0) is 44.9 Å². The van der Waals surface area contributed by atoms with E-state index in [-0.39, 0.29) is 24.0 Å². The minimum Gasteiger partial charge on any atom is -0.497 e. The third-order valence-corrected chi connectivity index (χ3v) is 4.80. The topological polar surface area (TPSA) is 94.1 Å². The molecule has 4 rings (SSSR count). The van der Waals surface area contributed by atoms with E-state index in [1.165, 1.54) is 0 Å². The maximum atomic E-state index is 12.9. The maximum Gasteiger partial charge on any atom is 0.260 e. The second kappa shape index (κ2) is 7.03. The van der Waals surface area contributed by atoms with Gasteiger partial charge in [-0.1, -0.05) is 0 Å². The molecule has 1 aromatic carbocycles. The van der Waals surface area contributed by atoms with E-state index in [2.05, 4.69) is 38.9 Å². The number of hydrogen-bond donors (Lipinski definition) is 2. The minimum atomic E-state index is -0.259. The normalized spacial score (nSPS) is 17.0. The summed E-state index contributed by atoms with van der Waals surface area (Å²) in [5, 5.41) is 10.6. The summed E-state index contributed by atoms with van der Waals surface area (Å²) in [7, 11) is 1.61. The van der Waals surface area contributed by atoms with Crippen molar-refractivity contribution in [2.24, 2.45) is 0 Å². The van der Waals surface area contributed by atoms with Gasteiger partial charge in [-0.3, -0.25) is 15.2 Å². The molecule has 0 aliphatic carbocycles. The van der Waals surface area contributed by atoms with Crippen LogP contribution in [0.3, 0.4) is 0 Å². The Morgan fingerprint density at radius 1 is 1.44 bits per heavy atom. The molecule has 2 aromatic heterocycles. The van der Waals surface area contributed by atoms with Crippen LogP contribution in [0, 0.1) is 0 Å². The molecule has 8 heteroatoms. The van der Waals surface area contributed by atoms with Crippen LogP contribution in [-0.2, 0) is 4.74 Å². The van der Waals surface area contributed by atoms with E-state index in [9.17, 15) is 4.79 Å². The Morgan fingerprint density at radius 3 is 3.00 bits per heavy atom. The summed E-state index contributed by atoms with van der Waals surface area (Å²) >= 11 is 0. The number of ether oxygens (including phenoxy) is 2. The summed E-state index contributed by atoms with van der Waals surface area (Å²) in [6.45, 7) is 4.88. The van der Waals surface area contributed by atoms with E-state index >= 15 is 0 Å². The average Bonchev–Trinajstić information content (AvgIpc) is 3.39. The number of nitrogens with zero attached hydrogens (tertiary/aromatic N) is 3. The molecule has 3 heterocycles. The Labute approximate surface area is 156 Å². The number of aromatic nitrogens is 4. The number of aromatic amines is 1. The number of nitrogens with one attached hydrogen (secondary N) is 2. The number of H-pyrrole nitrogens is 1. The quantitative estimate of drug-likeness (QED) is 0.718. The summed E-state index contributed by atoms with van der Waals surface area (Å²) in [6.07, 6.45) is 3.70. The Morgan fingerprint density at radius 2 is 2.30 bits per heavy atom. The van der Waals surface area contributed by atoms with Crippen LogP contribution in [0.1, 0.15) is 55.0 Å². The molecule has 1 aliphatic heterocycles. The summed E-state index contributed by atoms with van der Waals surface area (Å²) < 4.78 is 13.0. The molecule has 1 amide bonds. The summed E-state index contributed by atoms with van der Waals surface area (Å²) in [6, 6.07) is 5.95. The average molecular weight is 369 g/mol. The van der Waals surface area contributed by atoms with Gasteiger partial charge >= 0.3 is 0 Å². The molecule has 1 atom stereocenters. The molecule has 27 heavy (non-hydrogen) atoms. The first-order valence-electron chi connectivity index (χ1n) is 9.10. The van der Waals surface area contributed by atoms with Gasteiger partial charge in [0.15, 0.2) is 5.82 Å². The van der Waals surface area contributed by atoms with Crippen molar-refractivity contribution >= 4 is 22.8 Å². The van der Waals surface area contributed by atoms with Crippen molar-refractivity contribution in [2.75, 3.05) is 19.0 Å². The second-order valence-electron chi connectivity index (χ2n) is 6.93. The molecule has 0 saturated carbocycles. The zero-order valence-corrected chi connectivity index (χ0v) is 15.7. The van der Waals surface area contributed by atoms with E-state index in [4.69, 9.17) is 9.47 Å². The highest BCUT2D eigenvalue weighted by Crippen LogP contribution is 2.29. The molecule has 1 aliphatic rings. The lowest BCUT2D eigenvalue weighted by molar-refractivity contribution is 0.102. The van der Waals surface area contributed by atoms with Gasteiger partial charge in [-0.15, -0.1) is 5.10 Å². The van der Waals surface area contributed by atoms with Gasteiger partial charge in [0.1, 0.15) is 11.9 Å². The largest absolute Gasteiger partial charge is 0.497 e. The fraction of sp³-hybridized carbons (Fsp3) is 0.421. The summed E-state index contributed by atoms with van der Waals surface area (Å²) in [4.78, 5) is 17.3. The van der Waals surface area contributed by atoms with E-state index in [1.54, 1.807) is 7.11 Å². The number of carbonyl (C=O) groups is 1. The standard InChI is InChI=1S/C19H23N5O3/c1-11(2)24-10-14(13-9-12(26-3)6-7-15(13)24)18(25)21-19-20-17(22-23-19)16-5-4-8-27-16/h6-7,9-11,16H,4-5,8H2,1-3H3,(H2,20,21,22,23,25)/t16-/m1/s1. The smallest absolute Gasteiger partial charge is 0.260 e. The van der Waals surface area contributed by atoms with Gasteiger partial charge in [-0.2, -0.15) is 4.98 Å². The second-order valence-corrected chi connectivity index (χ2v) is 6.93. The van der Waals surface area contributed by atoms with Crippen molar-refractivity contribution < 1.29 is 14.3 Å². The molecule has 3 aromatic rings. The number of amides is 1. The van der Waals surface area contributed by atoms with Crippen LogP contribution < -0.4 is 10.1 Å². The lowest BCUT2D eigenvalue weighted by atomic mass is 10.1. The van der Waals surface area contributed by atoms with Crippen LogP contribution in [0.4, 0.5) is 5.95 Å². The molecule has 0 bridgehead atoms. The molecule has 8 nitrogen and oxygen atoms in total. The lowest BCUT2D eigenvalue weighted by Gasteiger charge is -2.09. The number of carbonyl (C=O) groups excluding carboxylic acids is 1. The van der Waals surface area contributed by atoms with Crippen molar-refractivity contribution in [1.82, 2.24) is 19.7 Å². The molecule has 0 unspecified atom stereocenters. The van der Waals surface area contributed by atoms with Crippen LogP contribution >= 0.6 is 0 Å². The number of anilines is 1. The highest BCUT2D eigenvalue weighted by atomic mass is 16.5. The van der Waals surface area contributed by atoms with Crippen molar-refractivity contribution in [1.29, 1.82) is 0 Å². The number of methoxy groups -OCH3 is 1. The van der Waals surface area contributed by atoms with Crippen molar-refractivity contribution in [3.63, 3.8) is 0 Å². The van der Waals surface area contributed by atoms with Gasteiger partial charge in [0.05, 0.1) is 12.7 Å². The highest BCUT2D eigenvalue weighted by Gasteiger charge is 2.23. The van der Waals surface area contributed by atoms with Gasteiger partial charge in [-0.25, -0.2) is 0 Å². The highest BCUT2D eigenvalue weighted by molar-refractivity contribution is 6.12. The zero-order valence-electron chi connectivity index (χ0n) is 15.7. The van der Waals surface area contributed by atoms with Crippen LogP contribution in [-0.4, -0.2) is 39.4 Å². The summed E-state index contributed by atoms with van der Waals surface area (Å²) in [5.41, 5.74) is 1.53. The van der Waals surface area contributed by atoms with Crippen molar-refractivity contribution in [3.05, 3.63) is 35.8 Å². The van der Waals surface area contributed by atoms with E-state index in [0.29, 0.717) is 17.1 Å². The molecule has 142 valence electrons. The van der Waals surface area contributed by atoms with Gasteiger partial charge in [0.25, 0.3) is 5.91 Å². The van der Waals surface area contributed by atoms with Gasteiger partial charge in [0, 0.05) is 29.7 Å². The number of rotatable bonds is 5. The fourth-order valence-electron chi connectivity index (χ4n) is 3.41. The Hall–Kier alpha value is -2.87. The maximum absolute atomic E-state index is 12.9. The third-order valence-electron chi connectivity index (χ3n) is 4.80. The predicted molar refractivity (Wildman–Crippen MR) is 101 cm³/mol. The van der Waals surface area contributed by atoms with Crippen molar-refractivity contribution in [2.45, 2.75) is 38.8 Å². The van der Waals surface area contributed by atoms with Gasteiger partial charge in [0.2, 0.25) is 5.95 Å². The molecule has 0 spiro atoms. The minimum absolute atomic E-state index is 0.0738. The van der Waals surface area contributed by atoms with Crippen LogP contribution in [0.5, 0.6) is 5.75 Å². The Balaban J connectivity index is 1.64. The SMILES string of the molecule is COc1ccc2c(c1)c(C(=O)Nc1n[nH]c([C@H]3CCCO3)n1)cn2C(C)C. The Kier molecular flexibility index (Phi) is 4.57. The van der Waals surface area contributed by atoms with Crippen molar-refractivity contribution in [3.8, 4) is 5.75 Å². The summed E-state index contributed by atoms with van der Waals surface area (Å²) in [5.74, 6) is 1.34. The number of benzene rings is 1. The monoisotopic (exact) mass is 369 g/mol. The molecule has 2 N–H and O–H groups in total. The predicted octanol–water partition coefficient (Wildman–Crippen LogP) is 3.45.